The molecule has 0 radical (unpaired) electrons. The van der Waals surface area contributed by atoms with Crippen LogP contribution in [0.2, 0.25) is 0 Å². The van der Waals surface area contributed by atoms with Crippen LogP contribution in [0, 0.1) is 0 Å². The molecule has 82 heavy (non-hydrogen) atoms. The summed E-state index contributed by atoms with van der Waals surface area (Å²) < 4.78 is 17.1. The first-order valence-electron chi connectivity index (χ1n) is 37.7. The monoisotopic (exact) mass is 1160 g/mol. The van der Waals surface area contributed by atoms with E-state index in [1.165, 1.54) is 340 Å². The number of carbonyl (C=O) groups excluding carboxylic acids is 3. The number of ether oxygens (including phenoxy) is 3. The van der Waals surface area contributed by atoms with E-state index in [1.54, 1.807) is 0 Å². The highest BCUT2D eigenvalue weighted by Crippen LogP contribution is 2.20. The molecule has 0 aromatic rings. The van der Waals surface area contributed by atoms with Crippen LogP contribution >= 0.6 is 0 Å². The highest BCUT2D eigenvalue weighted by Gasteiger charge is 2.20. The third-order valence-electron chi connectivity index (χ3n) is 17.5. The molecule has 1 unspecified atom stereocenters. The Morgan fingerprint density at radius 1 is 0.232 bits per heavy atom. The molecular formula is C76H146O6. The molecular weight excluding hydrogens is 1010 g/mol. The maximum absolute atomic E-state index is 13.0. The lowest BCUT2D eigenvalue weighted by atomic mass is 10.0. The largest absolute Gasteiger partial charge is 0.462 e. The van der Waals surface area contributed by atoms with Gasteiger partial charge in [0.2, 0.25) is 0 Å². The minimum absolute atomic E-state index is 0.0639. The summed E-state index contributed by atoms with van der Waals surface area (Å²) in [5.41, 5.74) is 0. The molecule has 6 nitrogen and oxygen atoms in total. The predicted molar refractivity (Wildman–Crippen MR) is 358 cm³/mol. The lowest BCUT2D eigenvalue weighted by molar-refractivity contribution is -0.167. The van der Waals surface area contributed by atoms with Crippen LogP contribution in [0.4, 0.5) is 0 Å². The van der Waals surface area contributed by atoms with Gasteiger partial charge in [-0.05, 0) is 44.9 Å². The van der Waals surface area contributed by atoms with Crippen LogP contribution < -0.4 is 0 Å². The van der Waals surface area contributed by atoms with E-state index in [4.69, 9.17) is 14.2 Å². The maximum Gasteiger partial charge on any atom is 0.306 e. The summed E-state index contributed by atoms with van der Waals surface area (Å²) in [5.74, 6) is -0.828. The normalized spacial score (nSPS) is 12.0. The van der Waals surface area contributed by atoms with Crippen LogP contribution in [0.5, 0.6) is 0 Å². The molecule has 0 N–H and O–H groups in total. The SMILES string of the molecule is CCCCCCCC/C=C\CCCCCCCCCC(=O)OCC(COC(=O)CCCCCCCCCCCCCCCCCCCCCCCCCC)OC(=O)CCCCCCCCCCCCCCCCCCCCCCCCC. The standard InChI is InChI=1S/C76H146O6/c1-4-7-10-13-16-19-22-25-28-31-33-35-37-39-40-42-45-48-51-54-57-60-63-66-69-75(78)81-72-73(71-80-74(77)68-65-62-59-56-53-50-47-44-30-27-24-21-18-15-12-9-6-3)82-76(79)70-67-64-61-58-55-52-49-46-43-41-38-36-34-32-29-26-23-20-17-14-11-8-5-2/h27,30,73H,4-26,28-29,31-72H2,1-3H3/b30-27-. The molecule has 0 aromatic carbocycles. The Bertz CT molecular complexity index is 1280. The summed E-state index contributed by atoms with van der Waals surface area (Å²) in [5, 5.41) is 0. The third kappa shape index (κ3) is 68.9. The number of hydrogen-bond donors (Lipinski definition) is 0. The van der Waals surface area contributed by atoms with Crippen molar-refractivity contribution in [2.75, 3.05) is 13.2 Å². The van der Waals surface area contributed by atoms with Crippen molar-refractivity contribution in [3.8, 4) is 0 Å². The second-order valence-corrected chi connectivity index (χ2v) is 25.9. The van der Waals surface area contributed by atoms with Gasteiger partial charge in [0.25, 0.3) is 0 Å². The molecule has 6 heteroatoms. The quantitative estimate of drug-likeness (QED) is 0.0261. The molecule has 0 aliphatic heterocycles. The average Bonchev–Trinajstić information content (AvgIpc) is 3.47. The van der Waals surface area contributed by atoms with Crippen molar-refractivity contribution in [3.63, 3.8) is 0 Å². The molecule has 486 valence electrons. The van der Waals surface area contributed by atoms with Crippen molar-refractivity contribution >= 4 is 17.9 Å². The van der Waals surface area contributed by atoms with E-state index >= 15 is 0 Å². The Labute approximate surface area is 513 Å². The van der Waals surface area contributed by atoms with Gasteiger partial charge < -0.3 is 14.2 Å². The molecule has 0 bridgehead atoms. The molecule has 0 aromatic heterocycles. The van der Waals surface area contributed by atoms with E-state index in [0.717, 1.165) is 57.8 Å². The van der Waals surface area contributed by atoms with E-state index < -0.39 is 6.10 Å². The van der Waals surface area contributed by atoms with Gasteiger partial charge in [-0.2, -0.15) is 0 Å². The molecule has 0 fully saturated rings. The molecule has 0 aliphatic carbocycles. The average molecular weight is 1160 g/mol. The van der Waals surface area contributed by atoms with Gasteiger partial charge in [0.1, 0.15) is 13.2 Å². The Hall–Kier alpha value is -1.85. The van der Waals surface area contributed by atoms with Gasteiger partial charge in [-0.25, -0.2) is 0 Å². The molecule has 0 aliphatic rings. The van der Waals surface area contributed by atoms with Crippen LogP contribution in [0.3, 0.4) is 0 Å². The van der Waals surface area contributed by atoms with Crippen molar-refractivity contribution < 1.29 is 28.6 Å². The summed E-state index contributed by atoms with van der Waals surface area (Å²) in [6.07, 6.45) is 86.8. The number of allylic oxidation sites excluding steroid dienone is 2. The molecule has 0 spiro atoms. The van der Waals surface area contributed by atoms with Crippen LogP contribution in [0.15, 0.2) is 12.2 Å². The van der Waals surface area contributed by atoms with E-state index in [0.29, 0.717) is 19.3 Å². The number of unbranched alkanes of at least 4 members (excludes halogenated alkanes) is 58. The molecule has 0 rings (SSSR count). The smallest absolute Gasteiger partial charge is 0.306 e. The van der Waals surface area contributed by atoms with Gasteiger partial charge in [-0.15, -0.1) is 0 Å². The van der Waals surface area contributed by atoms with E-state index in [-0.39, 0.29) is 31.1 Å². The van der Waals surface area contributed by atoms with Gasteiger partial charge in [-0.1, -0.05) is 386 Å². The summed E-state index contributed by atoms with van der Waals surface area (Å²) in [7, 11) is 0. The summed E-state index contributed by atoms with van der Waals surface area (Å²) in [6.45, 7) is 6.74. The Morgan fingerprint density at radius 2 is 0.402 bits per heavy atom. The summed E-state index contributed by atoms with van der Waals surface area (Å²) in [6, 6.07) is 0. The zero-order valence-electron chi connectivity index (χ0n) is 56.1. The lowest BCUT2D eigenvalue weighted by Crippen LogP contribution is -2.30. The number of rotatable bonds is 71. The van der Waals surface area contributed by atoms with Gasteiger partial charge in [0.05, 0.1) is 0 Å². The Morgan fingerprint density at radius 3 is 0.610 bits per heavy atom. The summed E-state index contributed by atoms with van der Waals surface area (Å²) >= 11 is 0. The zero-order chi connectivity index (χ0) is 59.2. The van der Waals surface area contributed by atoms with Crippen LogP contribution in [-0.2, 0) is 28.6 Å². The van der Waals surface area contributed by atoms with E-state index in [2.05, 4.69) is 32.9 Å². The highest BCUT2D eigenvalue weighted by atomic mass is 16.6. The first-order chi connectivity index (χ1) is 40.5. The van der Waals surface area contributed by atoms with Gasteiger partial charge >= 0.3 is 17.9 Å². The lowest BCUT2D eigenvalue weighted by Gasteiger charge is -2.18. The molecule has 0 saturated carbocycles. The third-order valence-corrected chi connectivity index (χ3v) is 17.5. The molecule has 0 saturated heterocycles. The van der Waals surface area contributed by atoms with Crippen molar-refractivity contribution in [1.29, 1.82) is 0 Å². The fraction of sp³-hybridized carbons (Fsp3) is 0.934. The second-order valence-electron chi connectivity index (χ2n) is 25.9. The van der Waals surface area contributed by atoms with Crippen molar-refractivity contribution in [3.05, 3.63) is 12.2 Å². The van der Waals surface area contributed by atoms with E-state index in [1.807, 2.05) is 0 Å². The molecule has 0 amide bonds. The number of hydrogen-bond acceptors (Lipinski definition) is 6. The number of carbonyl (C=O) groups is 3. The second kappa shape index (κ2) is 71.6. The van der Waals surface area contributed by atoms with Crippen molar-refractivity contribution in [2.24, 2.45) is 0 Å². The minimum atomic E-state index is -0.769. The predicted octanol–water partition coefficient (Wildman–Crippen LogP) is 26.0. The highest BCUT2D eigenvalue weighted by molar-refractivity contribution is 5.71. The van der Waals surface area contributed by atoms with Crippen LogP contribution in [0.1, 0.15) is 438 Å². The Kier molecular flexibility index (Phi) is 70.0. The Balaban J connectivity index is 4.25. The van der Waals surface area contributed by atoms with Gasteiger partial charge in [0.15, 0.2) is 6.10 Å². The topological polar surface area (TPSA) is 78.9 Å². The van der Waals surface area contributed by atoms with E-state index in [9.17, 15) is 14.4 Å². The fourth-order valence-electron chi connectivity index (χ4n) is 11.9. The zero-order valence-corrected chi connectivity index (χ0v) is 56.1. The minimum Gasteiger partial charge on any atom is -0.462 e. The maximum atomic E-state index is 13.0. The van der Waals surface area contributed by atoms with Crippen molar-refractivity contribution in [2.45, 2.75) is 444 Å². The van der Waals surface area contributed by atoms with Crippen LogP contribution in [-0.4, -0.2) is 37.2 Å². The van der Waals surface area contributed by atoms with Crippen LogP contribution in [0.25, 0.3) is 0 Å². The van der Waals surface area contributed by atoms with Gasteiger partial charge in [0, 0.05) is 19.3 Å². The van der Waals surface area contributed by atoms with Gasteiger partial charge in [-0.3, -0.25) is 14.4 Å². The molecule has 1 atom stereocenters. The fourth-order valence-corrected chi connectivity index (χ4v) is 11.9. The first kappa shape index (κ1) is 80.2. The summed E-state index contributed by atoms with van der Waals surface area (Å²) in [4.78, 5) is 38.5. The number of esters is 3. The molecule has 0 heterocycles. The first-order valence-corrected chi connectivity index (χ1v) is 37.7. The van der Waals surface area contributed by atoms with Crippen molar-refractivity contribution in [1.82, 2.24) is 0 Å².